The zero-order valence-electron chi connectivity index (χ0n) is 10.3. The minimum absolute atomic E-state index is 0.0306. The summed E-state index contributed by atoms with van der Waals surface area (Å²) in [6, 6.07) is 5.44. The number of Topliss-reactive ketones (excluding diaryl/α,β-unsaturated/α-hetero) is 1. The number of benzene rings is 1. The molecule has 6 heteroatoms. The largest absolute Gasteiger partial charge is 0.295 e. The Kier molecular flexibility index (Phi) is 4.61. The predicted octanol–water partition coefficient (Wildman–Crippen LogP) is 1.49. The number of carbonyl (C=O) groups excluding carboxylic acids is 2. The zero-order valence-corrected chi connectivity index (χ0v) is 11.1. The zero-order chi connectivity index (χ0) is 13.8. The summed E-state index contributed by atoms with van der Waals surface area (Å²) in [4.78, 5) is 22.3. The van der Waals surface area contributed by atoms with Crippen LogP contribution in [0.2, 0.25) is 0 Å². The summed E-state index contributed by atoms with van der Waals surface area (Å²) in [7, 11) is -3.84. The molecule has 1 aromatic rings. The first-order valence-electron chi connectivity index (χ1n) is 5.53. The van der Waals surface area contributed by atoms with Crippen LogP contribution in [-0.4, -0.2) is 20.1 Å². The number of hydrogen-bond donors (Lipinski definition) is 1. The third-order valence-corrected chi connectivity index (χ3v) is 3.69. The molecule has 1 aromatic carbocycles. The maximum absolute atomic E-state index is 11.8. The van der Waals surface area contributed by atoms with Crippen LogP contribution in [0.25, 0.3) is 0 Å². The Morgan fingerprint density at radius 2 is 1.72 bits per heavy atom. The number of hydrogen-bond acceptors (Lipinski definition) is 4. The monoisotopic (exact) mass is 269 g/mol. The van der Waals surface area contributed by atoms with Gasteiger partial charge in [-0.05, 0) is 25.5 Å². The molecular formula is C12H15NO4S. The van der Waals surface area contributed by atoms with Crippen molar-refractivity contribution >= 4 is 21.7 Å². The molecule has 18 heavy (non-hydrogen) atoms. The van der Waals surface area contributed by atoms with Crippen molar-refractivity contribution in [3.63, 3.8) is 0 Å². The van der Waals surface area contributed by atoms with Crippen LogP contribution in [0, 0.1) is 0 Å². The highest BCUT2D eigenvalue weighted by Gasteiger charge is 2.17. The first kappa shape index (κ1) is 14.4. The Morgan fingerprint density at radius 1 is 1.17 bits per heavy atom. The van der Waals surface area contributed by atoms with E-state index in [2.05, 4.69) is 0 Å². The van der Waals surface area contributed by atoms with Crippen molar-refractivity contribution in [2.75, 3.05) is 0 Å². The smallest absolute Gasteiger partial charge is 0.264 e. The van der Waals surface area contributed by atoms with E-state index in [0.717, 1.165) is 0 Å². The van der Waals surface area contributed by atoms with Crippen LogP contribution in [0.3, 0.4) is 0 Å². The van der Waals surface area contributed by atoms with Crippen LogP contribution in [-0.2, 0) is 14.8 Å². The van der Waals surface area contributed by atoms with Gasteiger partial charge in [0.15, 0.2) is 5.78 Å². The SMILES string of the molecule is CCCC(=O)NS(=O)(=O)c1ccc(C(C)=O)cc1. The van der Waals surface area contributed by atoms with E-state index in [1.165, 1.54) is 31.2 Å². The molecule has 1 amide bonds. The fraction of sp³-hybridized carbons (Fsp3) is 0.333. The van der Waals surface area contributed by atoms with E-state index in [1.807, 2.05) is 4.72 Å². The average molecular weight is 269 g/mol. The minimum atomic E-state index is -3.84. The van der Waals surface area contributed by atoms with Crippen molar-refractivity contribution in [3.05, 3.63) is 29.8 Å². The quantitative estimate of drug-likeness (QED) is 0.821. The first-order chi connectivity index (χ1) is 8.36. The van der Waals surface area contributed by atoms with Crippen LogP contribution in [0.4, 0.5) is 0 Å². The van der Waals surface area contributed by atoms with Crippen LogP contribution >= 0.6 is 0 Å². The van der Waals surface area contributed by atoms with Gasteiger partial charge in [-0.3, -0.25) is 9.59 Å². The van der Waals surface area contributed by atoms with Gasteiger partial charge in [-0.25, -0.2) is 13.1 Å². The van der Waals surface area contributed by atoms with Crippen molar-refractivity contribution in [1.82, 2.24) is 4.72 Å². The fourth-order valence-corrected chi connectivity index (χ4v) is 2.37. The molecule has 1 N–H and O–H groups in total. The first-order valence-corrected chi connectivity index (χ1v) is 7.02. The van der Waals surface area contributed by atoms with Gasteiger partial charge in [-0.15, -0.1) is 0 Å². The topological polar surface area (TPSA) is 80.3 Å². The Hall–Kier alpha value is -1.69. The van der Waals surface area contributed by atoms with Crippen LogP contribution in [0.5, 0.6) is 0 Å². The molecule has 0 aliphatic carbocycles. The van der Waals surface area contributed by atoms with E-state index < -0.39 is 15.9 Å². The second-order valence-electron chi connectivity index (χ2n) is 3.86. The number of sulfonamides is 1. The third kappa shape index (κ3) is 3.66. The molecule has 5 nitrogen and oxygen atoms in total. The van der Waals surface area contributed by atoms with Gasteiger partial charge in [0, 0.05) is 12.0 Å². The summed E-state index contributed by atoms with van der Waals surface area (Å²) in [6.07, 6.45) is 0.732. The second kappa shape index (κ2) is 5.77. The standard InChI is InChI=1S/C12H15NO4S/c1-3-4-12(15)13-18(16,17)11-7-5-10(6-8-11)9(2)14/h5-8H,3-4H2,1-2H3,(H,13,15). The molecule has 1 rings (SSSR count). The molecule has 0 unspecified atom stereocenters. The van der Waals surface area contributed by atoms with Gasteiger partial charge in [-0.1, -0.05) is 19.1 Å². The van der Waals surface area contributed by atoms with Crippen LogP contribution < -0.4 is 4.72 Å². The van der Waals surface area contributed by atoms with Gasteiger partial charge < -0.3 is 0 Å². The highest BCUT2D eigenvalue weighted by molar-refractivity contribution is 7.90. The normalized spacial score (nSPS) is 11.0. The highest BCUT2D eigenvalue weighted by Crippen LogP contribution is 2.11. The van der Waals surface area contributed by atoms with E-state index in [9.17, 15) is 18.0 Å². The number of carbonyl (C=O) groups is 2. The molecule has 0 radical (unpaired) electrons. The molecule has 98 valence electrons. The maximum atomic E-state index is 11.8. The van der Waals surface area contributed by atoms with E-state index in [1.54, 1.807) is 6.92 Å². The molecule has 0 heterocycles. The van der Waals surface area contributed by atoms with Gasteiger partial charge in [0.1, 0.15) is 0 Å². The van der Waals surface area contributed by atoms with E-state index >= 15 is 0 Å². The number of nitrogens with one attached hydrogen (secondary N) is 1. The third-order valence-electron chi connectivity index (χ3n) is 2.30. The molecule has 0 saturated carbocycles. The van der Waals surface area contributed by atoms with Crippen molar-refractivity contribution in [3.8, 4) is 0 Å². The lowest BCUT2D eigenvalue weighted by molar-refractivity contribution is -0.119. The summed E-state index contributed by atoms with van der Waals surface area (Å²) in [5.41, 5.74) is 0.425. The summed E-state index contributed by atoms with van der Waals surface area (Å²) in [5, 5.41) is 0. The lowest BCUT2D eigenvalue weighted by atomic mass is 10.2. The minimum Gasteiger partial charge on any atom is -0.295 e. The number of rotatable bonds is 5. The molecule has 0 bridgehead atoms. The molecular weight excluding hydrogens is 254 g/mol. The average Bonchev–Trinajstić information content (AvgIpc) is 2.28. The molecule has 0 fully saturated rings. The summed E-state index contributed by atoms with van der Waals surface area (Å²) < 4.78 is 25.5. The van der Waals surface area contributed by atoms with Gasteiger partial charge in [0.25, 0.3) is 10.0 Å². The molecule has 0 aliphatic heterocycles. The Morgan fingerprint density at radius 3 is 2.17 bits per heavy atom. The van der Waals surface area contributed by atoms with Gasteiger partial charge in [0.2, 0.25) is 5.91 Å². The van der Waals surface area contributed by atoms with Gasteiger partial charge in [-0.2, -0.15) is 0 Å². The Bertz CT molecular complexity index is 546. The number of ketones is 1. The molecule has 0 spiro atoms. The molecule has 0 aromatic heterocycles. The van der Waals surface area contributed by atoms with Gasteiger partial charge >= 0.3 is 0 Å². The van der Waals surface area contributed by atoms with Crippen molar-refractivity contribution in [1.29, 1.82) is 0 Å². The highest BCUT2D eigenvalue weighted by atomic mass is 32.2. The van der Waals surface area contributed by atoms with Gasteiger partial charge in [0.05, 0.1) is 4.90 Å². The number of amides is 1. The summed E-state index contributed by atoms with van der Waals surface area (Å²) in [6.45, 7) is 3.18. The molecule has 0 atom stereocenters. The van der Waals surface area contributed by atoms with Crippen molar-refractivity contribution < 1.29 is 18.0 Å². The lowest BCUT2D eigenvalue weighted by Gasteiger charge is -2.06. The summed E-state index contributed by atoms with van der Waals surface area (Å²) >= 11 is 0. The van der Waals surface area contributed by atoms with E-state index in [4.69, 9.17) is 0 Å². The fourth-order valence-electron chi connectivity index (χ4n) is 1.36. The lowest BCUT2D eigenvalue weighted by Crippen LogP contribution is -2.30. The summed E-state index contributed by atoms with van der Waals surface area (Å²) in [5.74, 6) is -0.679. The van der Waals surface area contributed by atoms with Crippen molar-refractivity contribution in [2.24, 2.45) is 0 Å². The second-order valence-corrected chi connectivity index (χ2v) is 5.54. The molecule has 0 aliphatic rings. The predicted molar refractivity (Wildman–Crippen MR) is 66.7 cm³/mol. The Balaban J connectivity index is 2.92. The molecule has 0 saturated heterocycles. The van der Waals surface area contributed by atoms with Crippen molar-refractivity contribution in [2.45, 2.75) is 31.6 Å². The Labute approximate surface area is 106 Å². The van der Waals surface area contributed by atoms with E-state index in [-0.39, 0.29) is 17.1 Å². The maximum Gasteiger partial charge on any atom is 0.264 e. The van der Waals surface area contributed by atoms with Crippen LogP contribution in [0.1, 0.15) is 37.0 Å². The van der Waals surface area contributed by atoms with E-state index in [0.29, 0.717) is 12.0 Å². The van der Waals surface area contributed by atoms with Crippen LogP contribution in [0.15, 0.2) is 29.2 Å².